The number of amides is 2. The van der Waals surface area contributed by atoms with Gasteiger partial charge in [0.25, 0.3) is 5.91 Å². The van der Waals surface area contributed by atoms with E-state index in [4.69, 9.17) is 4.74 Å². The molecule has 7 fully saturated rings. The number of hydrogen-bond acceptors (Lipinski definition) is 8. The molecule has 9 rings (SSSR count). The first-order chi connectivity index (χ1) is 31.3. The Hall–Kier alpha value is -3.73. The maximum absolute atomic E-state index is 14.3. The van der Waals surface area contributed by atoms with Crippen molar-refractivity contribution in [3.63, 3.8) is 0 Å². The third-order valence-corrected chi connectivity index (χ3v) is 21.8. The molecule has 11 heteroatoms. The highest BCUT2D eigenvalue weighted by Crippen LogP contribution is 2.84. The van der Waals surface area contributed by atoms with Crippen LogP contribution in [0.2, 0.25) is 0 Å². The molecule has 1 aromatic rings. The second-order valence-electron chi connectivity index (χ2n) is 25.8. The summed E-state index contributed by atoms with van der Waals surface area (Å²) in [5, 5.41) is 26.0. The van der Waals surface area contributed by atoms with Crippen LogP contribution in [0, 0.1) is 67.5 Å². The summed E-state index contributed by atoms with van der Waals surface area (Å²) in [5.74, 6) is -1.26. The molecule has 67 heavy (non-hydrogen) atoms. The second kappa shape index (κ2) is 16.2. The number of carbonyl (C=O) groups excluding carboxylic acids is 4. The lowest BCUT2D eigenvalue weighted by atomic mass is 9.25. The molecule has 368 valence electrons. The molecule has 1 saturated heterocycles. The zero-order valence-corrected chi connectivity index (χ0v) is 42.4. The number of benzene rings is 1. The molecule has 4 N–H and O–H groups in total. The van der Waals surface area contributed by atoms with Crippen LogP contribution in [0.25, 0.3) is 0 Å². The van der Waals surface area contributed by atoms with Gasteiger partial charge in [-0.1, -0.05) is 61.0 Å². The van der Waals surface area contributed by atoms with Crippen molar-refractivity contribution >= 4 is 35.2 Å². The van der Waals surface area contributed by atoms with Gasteiger partial charge in [-0.2, -0.15) is 0 Å². The van der Waals surface area contributed by atoms with Gasteiger partial charge >= 0.3 is 11.9 Å². The lowest BCUT2D eigenvalue weighted by Gasteiger charge is -2.79. The zero-order chi connectivity index (χ0) is 48.5. The monoisotopic (exact) mass is 924 g/mol. The summed E-state index contributed by atoms with van der Waals surface area (Å²) in [5.41, 5.74) is 1.96. The quantitative estimate of drug-likeness (QED) is 0.159. The fraction of sp³-hybridized carbons (Fsp3) is 0.768. The van der Waals surface area contributed by atoms with Crippen LogP contribution in [0.15, 0.2) is 35.4 Å². The molecule has 0 bridgehead atoms. The van der Waals surface area contributed by atoms with Gasteiger partial charge < -0.3 is 30.5 Å². The maximum atomic E-state index is 14.3. The van der Waals surface area contributed by atoms with Crippen LogP contribution in [0.5, 0.6) is 0 Å². The lowest BCUT2D eigenvalue weighted by Crippen LogP contribution is -2.74. The number of aliphatic hydroxyl groups excluding tert-OH is 1. The minimum absolute atomic E-state index is 0.0204. The molecule has 6 saturated carbocycles. The number of carboxylic acids is 1. The van der Waals surface area contributed by atoms with Gasteiger partial charge in [-0.3, -0.25) is 24.0 Å². The van der Waals surface area contributed by atoms with Gasteiger partial charge in [0, 0.05) is 54.6 Å². The predicted octanol–water partition coefficient (Wildman–Crippen LogP) is 9.45. The Morgan fingerprint density at radius 1 is 0.806 bits per heavy atom. The van der Waals surface area contributed by atoms with Crippen molar-refractivity contribution in [1.29, 1.82) is 0 Å². The van der Waals surface area contributed by atoms with Crippen LogP contribution in [0.1, 0.15) is 176 Å². The Kier molecular flexibility index (Phi) is 11.7. The SMILES string of the molecule is CC(C)C1=C2C3CC[C@@H]4C5(C)CC[C@H](OC(=O)[C@H]6C[C@@H](C(=O)O)C6(C)C)[C@@]6(C)CC[C@@]56CC[C@@]4(C)[C@]3(C)CC[C@@]2(CC(=O)NCC(C)(C)NC(=O)c2ccc(N3CCC(O)CC3)cc2)CC1=O. The average Bonchev–Trinajstić information content (AvgIpc) is 3.55. The summed E-state index contributed by atoms with van der Waals surface area (Å²) in [6.45, 7) is 23.9. The highest BCUT2D eigenvalue weighted by atomic mass is 16.5. The van der Waals surface area contributed by atoms with Gasteiger partial charge in [0.15, 0.2) is 5.78 Å². The first kappa shape index (κ1) is 48.3. The Bertz CT molecular complexity index is 2240. The number of esters is 1. The summed E-state index contributed by atoms with van der Waals surface area (Å²) < 4.78 is 6.55. The van der Waals surface area contributed by atoms with Gasteiger partial charge in [-0.25, -0.2) is 0 Å². The maximum Gasteiger partial charge on any atom is 0.309 e. The molecule has 7 aliphatic carbocycles. The van der Waals surface area contributed by atoms with E-state index in [1.165, 1.54) is 5.57 Å². The van der Waals surface area contributed by atoms with E-state index in [1.807, 2.05) is 52.0 Å². The van der Waals surface area contributed by atoms with Crippen molar-refractivity contribution < 1.29 is 38.9 Å². The number of carboxylic acid groups (broad SMARTS) is 1. The number of carbonyl (C=O) groups is 5. The first-order valence-corrected chi connectivity index (χ1v) is 26.1. The Balaban J connectivity index is 0.890. The summed E-state index contributed by atoms with van der Waals surface area (Å²) in [6, 6.07) is 7.59. The van der Waals surface area contributed by atoms with Gasteiger partial charge in [-0.05, 0) is 172 Å². The summed E-state index contributed by atoms with van der Waals surface area (Å²) in [7, 11) is 0. The Labute approximate surface area is 399 Å². The standard InChI is InChI=1S/C56H81N3O8/c1-33(2)44-40(61)30-55(31-43(62)57-32-49(3,4)58-46(63)34-11-13-35(14-12-34)59-27-18-36(60)19-28-59)24-21-51(7)37(45(44)55)15-16-41-52(51,8)22-25-56-26-23-54(56,10)42(17-20-53(41,56)9)67-48(66)39-29-38(47(64)65)50(39,5)6/h11-14,33,36-39,41-42,60H,15-32H2,1-10H3,(H,57,62)(H,58,63)(H,64,65)/t37?,38-,39+,41-,42-,51+,52+,53?,54+,55-,56-/m0/s1. The van der Waals surface area contributed by atoms with Crippen LogP contribution in [-0.2, 0) is 23.9 Å². The van der Waals surface area contributed by atoms with Gasteiger partial charge in [-0.15, -0.1) is 0 Å². The number of nitrogens with one attached hydrogen (secondary N) is 2. The number of fused-ring (bicyclic) bond motifs is 6. The van der Waals surface area contributed by atoms with E-state index in [0.717, 1.165) is 101 Å². The van der Waals surface area contributed by atoms with E-state index >= 15 is 0 Å². The average molecular weight is 924 g/mol. The molecule has 1 aromatic carbocycles. The van der Waals surface area contributed by atoms with Gasteiger partial charge in [0.05, 0.1) is 23.5 Å². The highest BCUT2D eigenvalue weighted by molar-refractivity contribution is 6.01. The van der Waals surface area contributed by atoms with E-state index in [9.17, 15) is 34.2 Å². The van der Waals surface area contributed by atoms with Crippen LogP contribution < -0.4 is 15.5 Å². The van der Waals surface area contributed by atoms with Crippen molar-refractivity contribution in [2.75, 3.05) is 24.5 Å². The zero-order valence-electron chi connectivity index (χ0n) is 42.4. The number of aliphatic hydroxyl groups is 1. The molecular formula is C56H81N3O8. The first-order valence-electron chi connectivity index (χ1n) is 26.1. The molecule has 8 aliphatic rings. The van der Waals surface area contributed by atoms with Crippen LogP contribution in [-0.4, -0.2) is 77.1 Å². The van der Waals surface area contributed by atoms with Crippen LogP contribution in [0.4, 0.5) is 5.69 Å². The summed E-state index contributed by atoms with van der Waals surface area (Å²) in [6.07, 6.45) is 12.1. The van der Waals surface area contributed by atoms with E-state index in [0.29, 0.717) is 24.3 Å². The normalized spacial score (nSPS) is 40.0. The molecular weight excluding hydrogens is 843 g/mol. The minimum atomic E-state index is -0.833. The Morgan fingerprint density at radius 3 is 2.06 bits per heavy atom. The number of hydrogen-bond donors (Lipinski definition) is 4. The number of piperidine rings is 1. The van der Waals surface area contributed by atoms with Crippen molar-refractivity contribution in [3.8, 4) is 0 Å². The molecule has 1 aliphatic heterocycles. The van der Waals surface area contributed by atoms with Crippen LogP contribution in [0.3, 0.4) is 0 Å². The van der Waals surface area contributed by atoms with Crippen molar-refractivity contribution in [2.45, 2.75) is 183 Å². The number of aliphatic carboxylic acids is 1. The molecule has 11 atom stereocenters. The fourth-order valence-electron chi connectivity index (χ4n) is 17.4. The van der Waals surface area contributed by atoms with E-state index < -0.39 is 28.3 Å². The van der Waals surface area contributed by atoms with Crippen LogP contribution >= 0.6 is 0 Å². The Morgan fingerprint density at radius 2 is 1.45 bits per heavy atom. The number of allylic oxidation sites excluding steroid dienone is 2. The molecule has 0 aromatic heterocycles. The molecule has 0 radical (unpaired) electrons. The van der Waals surface area contributed by atoms with Crippen molar-refractivity contribution in [1.82, 2.24) is 10.6 Å². The number of ketones is 1. The number of nitrogens with zero attached hydrogens (tertiary/aromatic N) is 1. The molecule has 2 unspecified atom stereocenters. The van der Waals surface area contributed by atoms with E-state index in [1.54, 1.807) is 0 Å². The summed E-state index contributed by atoms with van der Waals surface area (Å²) in [4.78, 5) is 70.0. The van der Waals surface area contributed by atoms with Crippen molar-refractivity contribution in [2.24, 2.45) is 67.5 Å². The van der Waals surface area contributed by atoms with E-state index in [-0.39, 0.29) is 93.6 Å². The largest absolute Gasteiger partial charge is 0.481 e. The number of anilines is 1. The predicted molar refractivity (Wildman–Crippen MR) is 258 cm³/mol. The minimum Gasteiger partial charge on any atom is -0.481 e. The molecule has 11 nitrogen and oxygen atoms in total. The number of rotatable bonds is 11. The third-order valence-electron chi connectivity index (χ3n) is 21.8. The fourth-order valence-corrected chi connectivity index (χ4v) is 17.4. The molecule has 1 spiro atoms. The van der Waals surface area contributed by atoms with E-state index in [2.05, 4.69) is 57.1 Å². The smallest absolute Gasteiger partial charge is 0.309 e. The van der Waals surface area contributed by atoms with Gasteiger partial charge in [0.1, 0.15) is 6.10 Å². The highest BCUT2D eigenvalue weighted by Gasteiger charge is 2.78. The number of ether oxygens (including phenoxy) is 1. The topological polar surface area (TPSA) is 162 Å². The third kappa shape index (κ3) is 7.12. The molecule has 2 amide bonds. The molecule has 1 heterocycles. The second-order valence-corrected chi connectivity index (χ2v) is 25.8. The van der Waals surface area contributed by atoms with Crippen molar-refractivity contribution in [3.05, 3.63) is 41.0 Å². The van der Waals surface area contributed by atoms with Gasteiger partial charge in [0.2, 0.25) is 5.91 Å². The summed E-state index contributed by atoms with van der Waals surface area (Å²) >= 11 is 0. The lowest BCUT2D eigenvalue weighted by molar-refractivity contribution is -0.320. The number of Topliss-reactive ketones (excluding diaryl/α,β-unsaturated/α-hetero) is 1.